The molecule has 1 heterocycles. The second kappa shape index (κ2) is 7.00. The number of methoxy groups -OCH3 is 1. The van der Waals surface area contributed by atoms with E-state index in [4.69, 9.17) is 9.15 Å². The van der Waals surface area contributed by atoms with Crippen molar-refractivity contribution in [3.05, 3.63) is 60.4 Å². The third-order valence-electron chi connectivity index (χ3n) is 3.52. The van der Waals surface area contributed by atoms with Crippen molar-refractivity contribution < 1.29 is 18.7 Å². The summed E-state index contributed by atoms with van der Waals surface area (Å²) in [7, 11) is 1.36. The van der Waals surface area contributed by atoms with Crippen LogP contribution in [0.4, 0.5) is 0 Å². The summed E-state index contributed by atoms with van der Waals surface area (Å²) in [6, 6.07) is 14.6. The summed E-state index contributed by atoms with van der Waals surface area (Å²) in [5.74, 6) is 0.980. The van der Waals surface area contributed by atoms with E-state index in [-0.39, 0.29) is 5.97 Å². The van der Waals surface area contributed by atoms with Gasteiger partial charge in [-0.1, -0.05) is 12.1 Å². The Labute approximate surface area is 139 Å². The van der Waals surface area contributed by atoms with Crippen molar-refractivity contribution in [2.45, 2.75) is 6.92 Å². The molecule has 0 aliphatic heterocycles. The molecule has 3 rings (SSSR count). The Kier molecular flexibility index (Phi) is 4.61. The van der Waals surface area contributed by atoms with Gasteiger partial charge in [0.05, 0.1) is 19.3 Å². The van der Waals surface area contributed by atoms with E-state index >= 15 is 0 Å². The molecule has 1 aromatic heterocycles. The Morgan fingerprint density at radius 3 is 2.33 bits per heavy atom. The topological polar surface area (TPSA) is 61.6 Å². The zero-order valence-electron chi connectivity index (χ0n) is 13.5. The van der Waals surface area contributed by atoms with Gasteiger partial charge in [-0.3, -0.25) is 0 Å². The molecule has 2 aromatic carbocycles. The number of ether oxygens (including phenoxy) is 2. The predicted octanol–water partition coefficient (Wildman–Crippen LogP) is 4.19. The molecular formula is C19H17NO4. The lowest BCUT2D eigenvalue weighted by molar-refractivity contribution is 0.0601. The largest absolute Gasteiger partial charge is 0.494 e. The molecule has 5 nitrogen and oxygen atoms in total. The molecule has 0 bridgehead atoms. The minimum Gasteiger partial charge on any atom is -0.494 e. The normalized spacial score (nSPS) is 10.4. The number of oxazole rings is 1. The Hall–Kier alpha value is -3.08. The zero-order valence-corrected chi connectivity index (χ0v) is 13.5. The van der Waals surface area contributed by atoms with Crippen molar-refractivity contribution in [1.29, 1.82) is 0 Å². The van der Waals surface area contributed by atoms with Crippen molar-refractivity contribution in [1.82, 2.24) is 4.98 Å². The molecule has 0 saturated carbocycles. The first-order chi connectivity index (χ1) is 11.7. The molecule has 0 amide bonds. The fourth-order valence-electron chi connectivity index (χ4n) is 2.29. The predicted molar refractivity (Wildman–Crippen MR) is 89.9 cm³/mol. The Morgan fingerprint density at radius 1 is 1.04 bits per heavy atom. The van der Waals surface area contributed by atoms with Gasteiger partial charge in [0.2, 0.25) is 5.89 Å². The van der Waals surface area contributed by atoms with E-state index in [2.05, 4.69) is 9.72 Å². The molecule has 0 atom stereocenters. The first-order valence-corrected chi connectivity index (χ1v) is 7.58. The highest BCUT2D eigenvalue weighted by Crippen LogP contribution is 2.26. The van der Waals surface area contributed by atoms with Crippen LogP contribution in [0.25, 0.3) is 22.7 Å². The molecule has 0 fully saturated rings. The van der Waals surface area contributed by atoms with Crippen LogP contribution in [0.15, 0.2) is 59.2 Å². The van der Waals surface area contributed by atoms with Gasteiger partial charge in [0.15, 0.2) is 0 Å². The Bertz CT molecular complexity index is 819. The van der Waals surface area contributed by atoms with Crippen molar-refractivity contribution in [2.75, 3.05) is 13.7 Å². The van der Waals surface area contributed by atoms with Crippen molar-refractivity contribution in [3.8, 4) is 28.5 Å². The van der Waals surface area contributed by atoms with Crippen LogP contribution in [0.3, 0.4) is 0 Å². The molecule has 0 saturated heterocycles. The molecule has 122 valence electrons. The zero-order chi connectivity index (χ0) is 16.9. The summed E-state index contributed by atoms with van der Waals surface area (Å²) in [5, 5.41) is 0. The molecule has 0 aliphatic carbocycles. The van der Waals surface area contributed by atoms with Crippen LogP contribution in [-0.2, 0) is 4.74 Å². The van der Waals surface area contributed by atoms with Crippen LogP contribution in [-0.4, -0.2) is 24.7 Å². The van der Waals surface area contributed by atoms with E-state index in [0.29, 0.717) is 23.8 Å². The van der Waals surface area contributed by atoms with Crippen molar-refractivity contribution >= 4 is 5.97 Å². The molecule has 0 unspecified atom stereocenters. The van der Waals surface area contributed by atoms with Crippen LogP contribution in [0, 0.1) is 0 Å². The van der Waals surface area contributed by atoms with E-state index in [1.807, 2.05) is 43.3 Å². The summed E-state index contributed by atoms with van der Waals surface area (Å²) >= 11 is 0. The first-order valence-electron chi connectivity index (χ1n) is 7.58. The third kappa shape index (κ3) is 3.30. The van der Waals surface area contributed by atoms with Gasteiger partial charge in [0.1, 0.15) is 17.7 Å². The summed E-state index contributed by atoms with van der Waals surface area (Å²) in [6.45, 7) is 2.57. The number of carbonyl (C=O) groups excluding carboxylic acids is 1. The quantitative estimate of drug-likeness (QED) is 0.659. The first kappa shape index (κ1) is 15.8. The highest BCUT2D eigenvalue weighted by atomic mass is 16.5. The fraction of sp³-hybridized carbons (Fsp3) is 0.158. The SMILES string of the molecule is CCOc1ccc(-c2nc(-c3ccc(C(=O)OC)cc3)co2)cc1. The number of hydrogen-bond acceptors (Lipinski definition) is 5. The van der Waals surface area contributed by atoms with Gasteiger partial charge >= 0.3 is 5.97 Å². The summed E-state index contributed by atoms with van der Waals surface area (Å²) in [6.07, 6.45) is 1.60. The van der Waals surface area contributed by atoms with E-state index in [0.717, 1.165) is 16.9 Å². The van der Waals surface area contributed by atoms with Crippen molar-refractivity contribution in [3.63, 3.8) is 0 Å². The molecule has 5 heteroatoms. The number of aromatic nitrogens is 1. The van der Waals surface area contributed by atoms with E-state index in [9.17, 15) is 4.79 Å². The van der Waals surface area contributed by atoms with Gasteiger partial charge in [0.25, 0.3) is 0 Å². The van der Waals surface area contributed by atoms with Crippen LogP contribution in [0.1, 0.15) is 17.3 Å². The number of carbonyl (C=O) groups is 1. The lowest BCUT2D eigenvalue weighted by Gasteiger charge is -2.02. The summed E-state index contributed by atoms with van der Waals surface area (Å²) < 4.78 is 15.7. The summed E-state index contributed by atoms with van der Waals surface area (Å²) in [5.41, 5.74) is 2.94. The van der Waals surface area contributed by atoms with Gasteiger partial charge in [-0.25, -0.2) is 9.78 Å². The number of nitrogens with zero attached hydrogens (tertiary/aromatic N) is 1. The highest BCUT2D eigenvalue weighted by Gasteiger charge is 2.10. The maximum absolute atomic E-state index is 11.5. The minimum atomic E-state index is -0.364. The van der Waals surface area contributed by atoms with Gasteiger partial charge in [0, 0.05) is 11.1 Å². The number of esters is 1. The maximum Gasteiger partial charge on any atom is 0.337 e. The fourth-order valence-corrected chi connectivity index (χ4v) is 2.29. The smallest absolute Gasteiger partial charge is 0.337 e. The van der Waals surface area contributed by atoms with Crippen LogP contribution < -0.4 is 4.74 Å². The minimum absolute atomic E-state index is 0.364. The molecular weight excluding hydrogens is 306 g/mol. The highest BCUT2D eigenvalue weighted by molar-refractivity contribution is 5.89. The Morgan fingerprint density at radius 2 is 1.71 bits per heavy atom. The van der Waals surface area contributed by atoms with Crippen LogP contribution in [0.5, 0.6) is 5.75 Å². The molecule has 0 aliphatic rings. The monoisotopic (exact) mass is 323 g/mol. The lowest BCUT2D eigenvalue weighted by Crippen LogP contribution is -2.00. The van der Waals surface area contributed by atoms with Gasteiger partial charge in [-0.05, 0) is 43.3 Å². The number of hydrogen-bond donors (Lipinski definition) is 0. The lowest BCUT2D eigenvalue weighted by atomic mass is 10.1. The number of benzene rings is 2. The standard InChI is InChI=1S/C19H17NO4/c1-3-23-16-10-8-14(9-11-16)18-20-17(12-24-18)13-4-6-15(7-5-13)19(21)22-2/h4-12H,3H2,1-2H3. The van der Waals surface area contributed by atoms with Crippen LogP contribution in [0.2, 0.25) is 0 Å². The molecule has 0 N–H and O–H groups in total. The van der Waals surface area contributed by atoms with Gasteiger partial charge in [-0.2, -0.15) is 0 Å². The molecule has 3 aromatic rings. The second-order valence-electron chi connectivity index (χ2n) is 5.06. The summed E-state index contributed by atoms with van der Waals surface area (Å²) in [4.78, 5) is 16.0. The second-order valence-corrected chi connectivity index (χ2v) is 5.06. The van der Waals surface area contributed by atoms with E-state index in [1.54, 1.807) is 18.4 Å². The van der Waals surface area contributed by atoms with Crippen LogP contribution >= 0.6 is 0 Å². The molecule has 0 radical (unpaired) electrons. The maximum atomic E-state index is 11.5. The van der Waals surface area contributed by atoms with Gasteiger partial charge < -0.3 is 13.9 Å². The molecule has 24 heavy (non-hydrogen) atoms. The van der Waals surface area contributed by atoms with Gasteiger partial charge in [-0.15, -0.1) is 0 Å². The average Bonchev–Trinajstić information content (AvgIpc) is 3.12. The van der Waals surface area contributed by atoms with E-state index in [1.165, 1.54) is 7.11 Å². The average molecular weight is 323 g/mol. The number of rotatable bonds is 5. The van der Waals surface area contributed by atoms with Crippen molar-refractivity contribution in [2.24, 2.45) is 0 Å². The Balaban J connectivity index is 1.81. The third-order valence-corrected chi connectivity index (χ3v) is 3.52. The van der Waals surface area contributed by atoms with E-state index < -0.39 is 0 Å². The molecule has 0 spiro atoms.